The van der Waals surface area contributed by atoms with E-state index in [1.807, 2.05) is 0 Å². The fourth-order valence-electron chi connectivity index (χ4n) is 16.6. The van der Waals surface area contributed by atoms with E-state index in [1.54, 1.807) is 5.56 Å². The molecule has 0 nitrogen and oxygen atoms in total. The van der Waals surface area contributed by atoms with Gasteiger partial charge in [-0.2, -0.15) is 0 Å². The van der Waals surface area contributed by atoms with Crippen LogP contribution in [-0.4, -0.2) is 0 Å². The highest BCUT2D eigenvalue weighted by Gasteiger charge is 2.44. The topological polar surface area (TPSA) is 0 Å². The maximum atomic E-state index is 4.52. The molecule has 6 fully saturated rings. The Hall–Kier alpha value is -7.54. The standard InChI is InChI=1S/C74H60/c1-3-47-43-62-65(52-21-14-23-54(42-52)74-38-32-46(33-39-74)34-40-74)70-59-26-25-57-61-44-50-19-11-12-24-56(50)64(51-20-13-22-53(41-51)73-35-29-45(30-36-73)31-37-73)69(61)58-27-28-60(68(59)67(57)58)71(70)66(49-17-9-6-10-18-49)72(62)63(55(47)4-2)48-15-7-5-8-16-48/h3-28,41-46H,1-2,29-40H2. The smallest absolute Gasteiger partial charge is 0.000718 e. The summed E-state index contributed by atoms with van der Waals surface area (Å²) in [5, 5.41) is 7.97. The Morgan fingerprint density at radius 1 is 0.338 bits per heavy atom. The summed E-state index contributed by atoms with van der Waals surface area (Å²) in [5.74, 6) is 1.84. The first-order valence-corrected chi connectivity index (χ1v) is 28.0. The average molecular weight is 949 g/mol. The van der Waals surface area contributed by atoms with Gasteiger partial charge in [-0.15, -0.1) is 0 Å². The van der Waals surface area contributed by atoms with Crippen LogP contribution in [0.15, 0.2) is 183 Å². The molecule has 0 unspecified atom stereocenters. The highest BCUT2D eigenvalue weighted by atomic mass is 14.5. The first-order valence-electron chi connectivity index (χ1n) is 28.0. The van der Waals surface area contributed by atoms with Gasteiger partial charge >= 0.3 is 0 Å². The van der Waals surface area contributed by atoms with Crippen molar-refractivity contribution in [2.75, 3.05) is 0 Å². The molecule has 0 amide bonds. The fourth-order valence-corrected chi connectivity index (χ4v) is 16.6. The molecule has 0 heterocycles. The van der Waals surface area contributed by atoms with Crippen molar-refractivity contribution in [3.05, 3.63) is 205 Å². The van der Waals surface area contributed by atoms with Gasteiger partial charge in [-0.3, -0.25) is 0 Å². The molecule has 6 saturated carbocycles. The fraction of sp³-hybridized carbons (Fsp3) is 0.216. The highest BCUT2D eigenvalue weighted by Crippen LogP contribution is 2.65. The number of hydrogen-bond donors (Lipinski definition) is 0. The van der Waals surface area contributed by atoms with Gasteiger partial charge in [0.2, 0.25) is 0 Å². The van der Waals surface area contributed by atoms with Gasteiger partial charge in [-0.05, 0) is 255 Å². The van der Waals surface area contributed by atoms with Gasteiger partial charge < -0.3 is 0 Å². The van der Waals surface area contributed by atoms with Crippen molar-refractivity contribution >= 4 is 44.5 Å². The number of rotatable bonds is 8. The molecule has 0 aromatic heterocycles. The number of benzene rings is 10. The molecular weight excluding hydrogens is 889 g/mol. The minimum atomic E-state index is 0.249. The van der Waals surface area contributed by atoms with Crippen molar-refractivity contribution in [3.63, 3.8) is 0 Å². The van der Waals surface area contributed by atoms with Gasteiger partial charge in [0.25, 0.3) is 0 Å². The van der Waals surface area contributed by atoms with Crippen LogP contribution in [0.1, 0.15) is 99.3 Å². The summed E-state index contributed by atoms with van der Waals surface area (Å²) < 4.78 is 0. The lowest BCUT2D eigenvalue weighted by Crippen LogP contribution is -2.37. The van der Waals surface area contributed by atoms with E-state index in [1.165, 1.54) is 204 Å². The Kier molecular flexibility index (Phi) is 9.27. The lowest BCUT2D eigenvalue weighted by molar-refractivity contribution is 0.136. The first-order chi connectivity index (χ1) is 36.5. The molecule has 18 rings (SSSR count). The van der Waals surface area contributed by atoms with Gasteiger partial charge in [0.1, 0.15) is 0 Å². The monoisotopic (exact) mass is 948 g/mol. The van der Waals surface area contributed by atoms with E-state index in [0.717, 1.165) is 23.0 Å². The third-order valence-corrected chi connectivity index (χ3v) is 20.2. The quantitative estimate of drug-likeness (QED) is 0.142. The van der Waals surface area contributed by atoms with Crippen LogP contribution in [0, 0.1) is 11.8 Å². The van der Waals surface area contributed by atoms with Gasteiger partial charge in [0.15, 0.2) is 0 Å². The zero-order valence-electron chi connectivity index (χ0n) is 42.4. The van der Waals surface area contributed by atoms with Gasteiger partial charge in [0, 0.05) is 0 Å². The largest absolute Gasteiger partial charge is 0.0984 e. The summed E-state index contributed by atoms with van der Waals surface area (Å²) in [7, 11) is 0. The maximum Gasteiger partial charge on any atom is -0.000718 e. The summed E-state index contributed by atoms with van der Waals surface area (Å²) in [4.78, 5) is 0. The Balaban J connectivity index is 1.02. The molecule has 0 spiro atoms. The summed E-state index contributed by atoms with van der Waals surface area (Å²) >= 11 is 0. The third-order valence-electron chi connectivity index (χ3n) is 20.2. The van der Waals surface area contributed by atoms with E-state index < -0.39 is 0 Å². The van der Waals surface area contributed by atoms with Crippen molar-refractivity contribution in [3.8, 4) is 89.0 Å². The predicted molar refractivity (Wildman–Crippen MR) is 315 cm³/mol. The lowest BCUT2D eigenvalue weighted by Gasteiger charge is -2.47. The lowest BCUT2D eigenvalue weighted by atomic mass is 9.58. The van der Waals surface area contributed by atoms with Crippen LogP contribution in [0.3, 0.4) is 0 Å². The normalized spacial score (nSPS) is 21.6. The highest BCUT2D eigenvalue weighted by molar-refractivity contribution is 6.35. The van der Waals surface area contributed by atoms with Crippen molar-refractivity contribution < 1.29 is 0 Å². The van der Waals surface area contributed by atoms with Crippen LogP contribution in [0.5, 0.6) is 0 Å². The van der Waals surface area contributed by atoms with E-state index in [9.17, 15) is 0 Å². The van der Waals surface area contributed by atoms with Crippen molar-refractivity contribution in [2.45, 2.75) is 87.9 Å². The second-order valence-electron chi connectivity index (χ2n) is 23.5. The molecule has 10 aromatic rings. The molecule has 0 N–H and O–H groups in total. The van der Waals surface area contributed by atoms with Crippen LogP contribution in [-0.2, 0) is 10.8 Å². The van der Waals surface area contributed by atoms with Crippen LogP contribution in [0.2, 0.25) is 0 Å². The molecule has 0 aliphatic heterocycles. The predicted octanol–water partition coefficient (Wildman–Crippen LogP) is 20.8. The molecule has 0 saturated heterocycles. The SMILES string of the molecule is C=Cc1cc2c(-c3cccc(C45CCC(CC4)CC5)c3)c3c(c(-c4ccccc4)c2c(-c2ccccc2)c1C=C)-c1ccc2c4c(ccc-3c14)-c1cc3ccccc3c(-c3cccc(C45CCC(CC4)CC5)c3)c1-2. The second kappa shape index (κ2) is 16.0. The van der Waals surface area contributed by atoms with Crippen LogP contribution >= 0.6 is 0 Å². The summed E-state index contributed by atoms with van der Waals surface area (Å²) in [6, 6.07) is 66.4. The van der Waals surface area contributed by atoms with Crippen LogP contribution in [0.4, 0.5) is 0 Å². The molecule has 10 aromatic carbocycles. The molecule has 4 bridgehead atoms. The molecule has 356 valence electrons. The minimum absolute atomic E-state index is 0.249. The maximum absolute atomic E-state index is 4.52. The van der Waals surface area contributed by atoms with Crippen molar-refractivity contribution in [1.29, 1.82) is 0 Å². The van der Waals surface area contributed by atoms with E-state index >= 15 is 0 Å². The van der Waals surface area contributed by atoms with E-state index in [0.29, 0.717) is 5.41 Å². The molecule has 8 aliphatic carbocycles. The van der Waals surface area contributed by atoms with Gasteiger partial charge in [-0.1, -0.05) is 183 Å². The molecule has 0 atom stereocenters. The first kappa shape index (κ1) is 42.9. The van der Waals surface area contributed by atoms with Crippen molar-refractivity contribution in [1.82, 2.24) is 0 Å². The summed E-state index contributed by atoms with van der Waals surface area (Å²) in [6.07, 6.45) is 20.2. The van der Waals surface area contributed by atoms with Gasteiger partial charge in [0.05, 0.1) is 0 Å². The van der Waals surface area contributed by atoms with E-state index in [4.69, 9.17) is 0 Å². The van der Waals surface area contributed by atoms with Crippen LogP contribution < -0.4 is 0 Å². The Bertz CT molecular complexity index is 4020. The molecule has 0 heteroatoms. The molecule has 0 radical (unpaired) electrons. The number of hydrogen-bond acceptors (Lipinski definition) is 0. The Labute approximate surface area is 436 Å². The third kappa shape index (κ3) is 5.92. The zero-order chi connectivity index (χ0) is 48.9. The zero-order valence-corrected chi connectivity index (χ0v) is 42.4. The summed E-state index contributed by atoms with van der Waals surface area (Å²) in [6.45, 7) is 9.01. The Morgan fingerprint density at radius 2 is 0.811 bits per heavy atom. The van der Waals surface area contributed by atoms with E-state index in [-0.39, 0.29) is 5.41 Å². The number of fused-ring (bicyclic) bond motifs is 14. The van der Waals surface area contributed by atoms with Crippen molar-refractivity contribution in [2.24, 2.45) is 11.8 Å². The average Bonchev–Trinajstić information content (AvgIpc) is 4.04. The molecular formula is C74H60. The second-order valence-corrected chi connectivity index (χ2v) is 23.5. The van der Waals surface area contributed by atoms with E-state index in [2.05, 4.69) is 195 Å². The minimum Gasteiger partial charge on any atom is -0.0984 e. The Morgan fingerprint density at radius 3 is 1.38 bits per heavy atom. The van der Waals surface area contributed by atoms with Gasteiger partial charge in [-0.25, -0.2) is 0 Å². The summed E-state index contributed by atoms with van der Waals surface area (Å²) in [5.41, 5.74) is 27.0. The van der Waals surface area contributed by atoms with Crippen LogP contribution in [0.25, 0.3) is 133 Å². The molecule has 8 aliphatic rings. The molecule has 74 heavy (non-hydrogen) atoms.